The zero-order valence-corrected chi connectivity index (χ0v) is 21.1. The molecule has 9 nitrogen and oxygen atoms in total. The highest BCUT2D eigenvalue weighted by Crippen LogP contribution is 2.32. The molecule has 1 aliphatic carbocycles. The lowest BCUT2D eigenvalue weighted by molar-refractivity contribution is -0.139. The molecule has 0 spiro atoms. The second-order valence-corrected chi connectivity index (χ2v) is 11.0. The van der Waals surface area contributed by atoms with Gasteiger partial charge in [-0.15, -0.1) is 0 Å². The largest absolute Gasteiger partial charge is 0.419 e. The van der Waals surface area contributed by atoms with Gasteiger partial charge in [-0.25, -0.2) is 17.6 Å². The van der Waals surface area contributed by atoms with Crippen LogP contribution < -0.4 is 31.5 Å². The summed E-state index contributed by atoms with van der Waals surface area (Å²) in [5, 5.41) is 7.89. The third-order valence-corrected chi connectivity index (χ3v) is 7.54. The minimum Gasteiger partial charge on any atom is -0.377 e. The van der Waals surface area contributed by atoms with Gasteiger partial charge in [0.1, 0.15) is 17.2 Å². The predicted octanol–water partition coefficient (Wildman–Crippen LogP) is 3.93. The molecule has 208 valence electrons. The smallest absolute Gasteiger partial charge is 0.377 e. The van der Waals surface area contributed by atoms with Gasteiger partial charge in [0.15, 0.2) is 0 Å². The Labute approximate surface area is 220 Å². The Morgan fingerprint density at radius 1 is 0.897 bits per heavy atom. The SMILES string of the molecule is O=C(Nc1ccc(C(F)(F)F)c(F)c1)NC1CCC(Nc2c(NS(=O)(=O)Cc3ccccc3)c(=O)c2=O)CC1. The number of halogens is 4. The van der Waals surface area contributed by atoms with Crippen molar-refractivity contribution in [1.29, 1.82) is 0 Å². The number of urea groups is 1. The quantitative estimate of drug-likeness (QED) is 0.241. The number of carbonyl (C=O) groups is 1. The van der Waals surface area contributed by atoms with Crippen LogP contribution in [0.15, 0.2) is 58.1 Å². The molecule has 2 amide bonds. The van der Waals surface area contributed by atoms with Gasteiger partial charge < -0.3 is 16.0 Å². The number of alkyl halides is 3. The van der Waals surface area contributed by atoms with E-state index in [1.165, 1.54) is 0 Å². The first-order chi connectivity index (χ1) is 18.3. The van der Waals surface area contributed by atoms with E-state index >= 15 is 0 Å². The van der Waals surface area contributed by atoms with Crippen molar-refractivity contribution in [3.63, 3.8) is 0 Å². The second-order valence-electron chi connectivity index (χ2n) is 9.24. The molecule has 3 aromatic carbocycles. The average molecular weight is 569 g/mol. The molecule has 0 bridgehead atoms. The first-order valence-electron chi connectivity index (χ1n) is 11.9. The third kappa shape index (κ3) is 6.93. The number of sulfonamides is 1. The third-order valence-electron chi connectivity index (χ3n) is 6.31. The van der Waals surface area contributed by atoms with Crippen molar-refractivity contribution < 1.29 is 30.8 Å². The summed E-state index contributed by atoms with van der Waals surface area (Å²) in [6, 6.07) is 9.11. The van der Waals surface area contributed by atoms with E-state index in [1.54, 1.807) is 30.3 Å². The van der Waals surface area contributed by atoms with Crippen molar-refractivity contribution in [2.24, 2.45) is 0 Å². The second kappa shape index (κ2) is 11.0. The van der Waals surface area contributed by atoms with Crippen LogP contribution in [0.25, 0.3) is 0 Å². The number of rotatable bonds is 8. The van der Waals surface area contributed by atoms with E-state index < -0.39 is 44.5 Å². The Balaban J connectivity index is 1.28. The van der Waals surface area contributed by atoms with E-state index in [-0.39, 0.29) is 34.9 Å². The number of hydrogen-bond acceptors (Lipinski definition) is 6. The molecule has 0 radical (unpaired) electrons. The van der Waals surface area contributed by atoms with Gasteiger partial charge in [0.05, 0.1) is 11.3 Å². The van der Waals surface area contributed by atoms with Crippen LogP contribution in [0.1, 0.15) is 36.8 Å². The van der Waals surface area contributed by atoms with Crippen molar-refractivity contribution in [2.45, 2.75) is 49.7 Å². The fraction of sp³-hybridized carbons (Fsp3) is 0.320. The molecule has 39 heavy (non-hydrogen) atoms. The summed E-state index contributed by atoms with van der Waals surface area (Å²) in [5.41, 5.74) is -3.23. The van der Waals surface area contributed by atoms with Gasteiger partial charge in [-0.05, 0) is 49.4 Å². The summed E-state index contributed by atoms with van der Waals surface area (Å²) in [6.45, 7) is 0. The number of nitrogens with one attached hydrogen (secondary N) is 4. The predicted molar refractivity (Wildman–Crippen MR) is 137 cm³/mol. The highest BCUT2D eigenvalue weighted by atomic mass is 32.2. The molecular weight excluding hydrogens is 544 g/mol. The van der Waals surface area contributed by atoms with Gasteiger partial charge in [-0.1, -0.05) is 30.3 Å². The Morgan fingerprint density at radius 3 is 2.13 bits per heavy atom. The van der Waals surface area contributed by atoms with E-state index in [9.17, 15) is 40.4 Å². The zero-order chi connectivity index (χ0) is 28.4. The highest BCUT2D eigenvalue weighted by molar-refractivity contribution is 7.91. The summed E-state index contributed by atoms with van der Waals surface area (Å²) in [5.74, 6) is -1.88. The summed E-state index contributed by atoms with van der Waals surface area (Å²) >= 11 is 0. The lowest BCUT2D eigenvalue weighted by atomic mass is 9.91. The van der Waals surface area contributed by atoms with Crippen LogP contribution in [0, 0.1) is 5.82 Å². The van der Waals surface area contributed by atoms with E-state index in [0.29, 0.717) is 43.4 Å². The van der Waals surface area contributed by atoms with Crippen LogP contribution in [0.3, 0.4) is 0 Å². The van der Waals surface area contributed by atoms with E-state index in [4.69, 9.17) is 0 Å². The molecule has 4 rings (SSSR count). The summed E-state index contributed by atoms with van der Waals surface area (Å²) in [7, 11) is -3.94. The minimum atomic E-state index is -4.85. The average Bonchev–Trinajstić information content (AvgIpc) is 2.86. The molecule has 0 atom stereocenters. The normalized spacial score (nSPS) is 17.9. The van der Waals surface area contributed by atoms with Crippen molar-refractivity contribution >= 4 is 33.1 Å². The molecular formula is C25H24F4N4O5S. The molecule has 14 heteroatoms. The van der Waals surface area contributed by atoms with Gasteiger partial charge in [-0.2, -0.15) is 13.2 Å². The highest BCUT2D eigenvalue weighted by Gasteiger charge is 2.34. The van der Waals surface area contributed by atoms with Crippen LogP contribution in [-0.4, -0.2) is 26.5 Å². The van der Waals surface area contributed by atoms with Gasteiger partial charge in [0.25, 0.3) is 10.9 Å². The maximum Gasteiger partial charge on any atom is 0.419 e. The molecule has 0 saturated heterocycles. The molecule has 0 aromatic heterocycles. The van der Waals surface area contributed by atoms with Crippen LogP contribution in [-0.2, 0) is 22.0 Å². The molecule has 3 aromatic rings. The Bertz CT molecular complexity index is 1530. The number of benzene rings is 2. The number of amides is 2. The van der Waals surface area contributed by atoms with Gasteiger partial charge in [0, 0.05) is 17.8 Å². The van der Waals surface area contributed by atoms with Crippen LogP contribution in [0.2, 0.25) is 0 Å². The first-order valence-corrected chi connectivity index (χ1v) is 13.6. The van der Waals surface area contributed by atoms with Gasteiger partial charge in [0.2, 0.25) is 10.0 Å². The molecule has 1 fully saturated rings. The van der Waals surface area contributed by atoms with Crippen molar-refractivity contribution in [1.82, 2.24) is 5.32 Å². The van der Waals surface area contributed by atoms with Crippen molar-refractivity contribution in [2.75, 3.05) is 15.4 Å². The molecule has 4 N–H and O–H groups in total. The Hall–Kier alpha value is -3.94. The fourth-order valence-corrected chi connectivity index (χ4v) is 5.58. The van der Waals surface area contributed by atoms with Crippen molar-refractivity contribution in [3.05, 3.63) is 85.9 Å². The molecule has 0 aliphatic heterocycles. The summed E-state index contributed by atoms with van der Waals surface area (Å²) < 4.78 is 79.0. The molecule has 1 saturated carbocycles. The van der Waals surface area contributed by atoms with Crippen molar-refractivity contribution in [3.8, 4) is 0 Å². The van der Waals surface area contributed by atoms with Crippen LogP contribution in [0.5, 0.6) is 0 Å². The number of anilines is 3. The number of carbonyl (C=O) groups excluding carboxylic acids is 1. The summed E-state index contributed by atoms with van der Waals surface area (Å²) in [4.78, 5) is 36.4. The lowest BCUT2D eigenvalue weighted by Crippen LogP contribution is -2.44. The van der Waals surface area contributed by atoms with E-state index in [2.05, 4.69) is 20.7 Å². The maximum atomic E-state index is 13.7. The molecule has 0 unspecified atom stereocenters. The molecule has 1 aliphatic rings. The molecule has 0 heterocycles. The Morgan fingerprint density at radius 2 is 1.51 bits per heavy atom. The van der Waals surface area contributed by atoms with Crippen LogP contribution >= 0.6 is 0 Å². The van der Waals surface area contributed by atoms with E-state index in [1.807, 2.05) is 0 Å². The Kier molecular flexibility index (Phi) is 7.95. The lowest BCUT2D eigenvalue weighted by Gasteiger charge is -2.31. The van der Waals surface area contributed by atoms with E-state index in [0.717, 1.165) is 6.07 Å². The summed E-state index contributed by atoms with van der Waals surface area (Å²) in [6.07, 6.45) is -3.00. The van der Waals surface area contributed by atoms with Gasteiger partial charge in [-0.3, -0.25) is 14.3 Å². The van der Waals surface area contributed by atoms with Gasteiger partial charge >= 0.3 is 12.2 Å². The maximum absolute atomic E-state index is 13.7. The number of hydrogen-bond donors (Lipinski definition) is 4. The first kappa shape index (κ1) is 28.1. The zero-order valence-electron chi connectivity index (χ0n) is 20.3. The van der Waals surface area contributed by atoms with Crippen LogP contribution in [0.4, 0.5) is 39.4 Å². The standard InChI is InChI=1S/C25H24F4N4O5S/c26-19-12-17(10-11-18(19)25(27,28)29)32-24(36)31-16-8-6-15(7-9-16)30-20-21(23(35)22(20)34)33-39(37,38)13-14-4-2-1-3-5-14/h1-5,10-12,15-16,30,33H,6-9,13H2,(H2,31,32,36). The minimum absolute atomic E-state index is 0.102. The fourth-order valence-electron chi connectivity index (χ4n) is 4.37. The topological polar surface area (TPSA) is 133 Å². The monoisotopic (exact) mass is 568 g/mol.